The van der Waals surface area contributed by atoms with Gasteiger partial charge in [0.25, 0.3) is 5.91 Å². The fourth-order valence-electron chi connectivity index (χ4n) is 3.68. The summed E-state index contributed by atoms with van der Waals surface area (Å²) in [5.41, 5.74) is 0.173. The number of benzene rings is 1. The Labute approximate surface area is 148 Å². The van der Waals surface area contributed by atoms with Gasteiger partial charge in [0.2, 0.25) is 0 Å². The zero-order valence-electron chi connectivity index (χ0n) is 14.9. The highest BCUT2D eigenvalue weighted by atomic mass is 16.3. The van der Waals surface area contributed by atoms with Gasteiger partial charge < -0.3 is 15.3 Å². The van der Waals surface area contributed by atoms with Crippen LogP contribution < -0.4 is 5.32 Å². The molecule has 0 saturated carbocycles. The molecule has 2 fully saturated rings. The molecular formula is C19H27N3O3. The maximum Gasteiger partial charge on any atom is 0.325 e. The molecule has 2 heterocycles. The molecule has 2 N–H and O–H groups in total. The lowest BCUT2D eigenvalue weighted by Crippen LogP contribution is -2.43. The van der Waals surface area contributed by atoms with Crippen molar-refractivity contribution in [3.63, 3.8) is 0 Å². The molecule has 6 nitrogen and oxygen atoms in total. The van der Waals surface area contributed by atoms with Crippen LogP contribution in [0.25, 0.3) is 0 Å². The van der Waals surface area contributed by atoms with E-state index in [0.29, 0.717) is 13.1 Å². The molecule has 1 aromatic carbocycles. The first-order valence-corrected chi connectivity index (χ1v) is 8.98. The van der Waals surface area contributed by atoms with Gasteiger partial charge in [0.05, 0.1) is 6.10 Å². The first-order chi connectivity index (χ1) is 11.9. The van der Waals surface area contributed by atoms with E-state index in [-0.39, 0.29) is 17.9 Å². The Hall–Kier alpha value is -1.92. The Bertz CT molecular complexity index is 624. The lowest BCUT2D eigenvalue weighted by molar-refractivity contribution is -0.130. The minimum Gasteiger partial charge on any atom is -0.388 e. The molecule has 0 aromatic heterocycles. The Morgan fingerprint density at radius 1 is 1.16 bits per heavy atom. The van der Waals surface area contributed by atoms with Gasteiger partial charge in [0, 0.05) is 13.1 Å². The quantitative estimate of drug-likeness (QED) is 0.798. The van der Waals surface area contributed by atoms with Gasteiger partial charge in [-0.2, -0.15) is 0 Å². The van der Waals surface area contributed by atoms with Crippen molar-refractivity contribution in [1.82, 2.24) is 15.1 Å². The second kappa shape index (κ2) is 7.14. The first-order valence-electron chi connectivity index (χ1n) is 8.98. The second-order valence-electron chi connectivity index (χ2n) is 7.55. The molecule has 2 aliphatic rings. The molecule has 3 rings (SSSR count). The molecule has 0 radical (unpaired) electrons. The number of rotatable bonds is 5. The molecule has 0 bridgehead atoms. The van der Waals surface area contributed by atoms with Gasteiger partial charge in [0.1, 0.15) is 5.54 Å². The Morgan fingerprint density at radius 3 is 2.36 bits per heavy atom. The number of hydrogen-bond acceptors (Lipinski definition) is 4. The smallest absolute Gasteiger partial charge is 0.325 e. The van der Waals surface area contributed by atoms with Crippen molar-refractivity contribution in [2.45, 2.75) is 38.3 Å². The summed E-state index contributed by atoms with van der Waals surface area (Å²) in [7, 11) is 0. The molecule has 0 unspecified atom stereocenters. The first kappa shape index (κ1) is 17.9. The largest absolute Gasteiger partial charge is 0.388 e. The summed E-state index contributed by atoms with van der Waals surface area (Å²) in [6, 6.07) is 9.49. The number of nitrogens with one attached hydrogen (secondary N) is 1. The molecule has 2 aliphatic heterocycles. The van der Waals surface area contributed by atoms with Crippen LogP contribution in [0.15, 0.2) is 30.3 Å². The summed E-state index contributed by atoms with van der Waals surface area (Å²) in [5, 5.41) is 13.2. The van der Waals surface area contributed by atoms with Crippen LogP contribution in [0.2, 0.25) is 0 Å². The summed E-state index contributed by atoms with van der Waals surface area (Å²) in [6.07, 6.45) is 1.42. The predicted molar refractivity (Wildman–Crippen MR) is 94.9 cm³/mol. The number of amides is 3. The fourth-order valence-corrected chi connectivity index (χ4v) is 3.68. The third-order valence-electron chi connectivity index (χ3n) is 5.30. The zero-order valence-corrected chi connectivity index (χ0v) is 14.9. The van der Waals surface area contributed by atoms with Crippen molar-refractivity contribution in [1.29, 1.82) is 0 Å². The fraction of sp³-hybridized carbons (Fsp3) is 0.579. The number of hydrogen-bond donors (Lipinski definition) is 2. The summed E-state index contributed by atoms with van der Waals surface area (Å²) in [4.78, 5) is 27.7. The van der Waals surface area contributed by atoms with Crippen molar-refractivity contribution in [3.8, 4) is 0 Å². The van der Waals surface area contributed by atoms with E-state index in [1.54, 1.807) is 13.8 Å². The maximum absolute atomic E-state index is 12.2. The van der Waals surface area contributed by atoms with Crippen LogP contribution in [0, 0.1) is 5.92 Å². The van der Waals surface area contributed by atoms with Gasteiger partial charge in [0.15, 0.2) is 0 Å². The number of carbonyl (C=O) groups excluding carboxylic acids is 2. The van der Waals surface area contributed by atoms with Gasteiger partial charge >= 0.3 is 6.03 Å². The van der Waals surface area contributed by atoms with Gasteiger partial charge in [-0.05, 0) is 51.3 Å². The highest BCUT2D eigenvalue weighted by molar-refractivity contribution is 6.06. The van der Waals surface area contributed by atoms with Crippen molar-refractivity contribution >= 4 is 11.9 Å². The lowest BCUT2D eigenvalue weighted by Gasteiger charge is -2.34. The van der Waals surface area contributed by atoms with E-state index in [1.807, 2.05) is 30.3 Å². The van der Waals surface area contributed by atoms with E-state index in [0.717, 1.165) is 31.5 Å². The van der Waals surface area contributed by atoms with Crippen molar-refractivity contribution in [3.05, 3.63) is 35.9 Å². The van der Waals surface area contributed by atoms with Crippen molar-refractivity contribution in [2.75, 3.05) is 26.2 Å². The summed E-state index contributed by atoms with van der Waals surface area (Å²) < 4.78 is 0. The molecule has 0 spiro atoms. The Balaban J connectivity index is 1.47. The normalized spacial score (nSPS) is 22.9. The molecule has 3 amide bonds. The van der Waals surface area contributed by atoms with E-state index >= 15 is 0 Å². The third kappa shape index (κ3) is 3.85. The molecular weight excluding hydrogens is 318 g/mol. The van der Waals surface area contributed by atoms with Crippen LogP contribution in [-0.2, 0) is 4.79 Å². The number of piperidine rings is 1. The van der Waals surface area contributed by atoms with E-state index < -0.39 is 11.6 Å². The molecule has 2 saturated heterocycles. The standard InChI is InChI=1S/C19H27N3O3/c1-19(2)17(24)22(18(25)20-19)13-12-21-10-8-15(9-11-21)16(23)14-6-4-3-5-7-14/h3-7,15-16,23H,8-13H2,1-2H3,(H,20,25)/t16-/m0/s1. The van der Waals surface area contributed by atoms with Crippen molar-refractivity contribution < 1.29 is 14.7 Å². The molecule has 1 aromatic rings. The summed E-state index contributed by atoms with van der Waals surface area (Å²) in [6.45, 7) is 6.31. The van der Waals surface area contributed by atoms with E-state index in [1.165, 1.54) is 4.90 Å². The minimum atomic E-state index is -0.802. The van der Waals surface area contributed by atoms with Crippen molar-refractivity contribution in [2.24, 2.45) is 5.92 Å². The molecule has 1 atom stereocenters. The van der Waals surface area contributed by atoms with Crippen LogP contribution in [0.4, 0.5) is 4.79 Å². The maximum atomic E-state index is 12.2. The molecule has 136 valence electrons. The third-order valence-corrected chi connectivity index (χ3v) is 5.30. The average Bonchev–Trinajstić information content (AvgIpc) is 2.81. The number of carbonyl (C=O) groups is 2. The van der Waals surface area contributed by atoms with Gasteiger partial charge in [-0.15, -0.1) is 0 Å². The van der Waals surface area contributed by atoms with Gasteiger partial charge in [-0.25, -0.2) is 4.79 Å². The monoisotopic (exact) mass is 345 g/mol. The Kier molecular flexibility index (Phi) is 5.11. The van der Waals surface area contributed by atoms with Crippen LogP contribution in [0.1, 0.15) is 38.4 Å². The van der Waals surface area contributed by atoms with Crippen LogP contribution in [-0.4, -0.2) is 58.6 Å². The van der Waals surface area contributed by atoms with E-state index in [9.17, 15) is 14.7 Å². The number of imide groups is 1. The number of likely N-dealkylation sites (tertiary alicyclic amines) is 1. The molecule has 0 aliphatic carbocycles. The van der Waals surface area contributed by atoms with Crippen LogP contribution in [0.5, 0.6) is 0 Å². The topological polar surface area (TPSA) is 72.9 Å². The minimum absolute atomic E-state index is 0.160. The van der Waals surface area contributed by atoms with Gasteiger partial charge in [-0.1, -0.05) is 30.3 Å². The molecule has 6 heteroatoms. The van der Waals surface area contributed by atoms with E-state index in [2.05, 4.69) is 10.2 Å². The number of aliphatic hydroxyl groups is 1. The van der Waals surface area contributed by atoms with E-state index in [4.69, 9.17) is 0 Å². The predicted octanol–water partition coefficient (Wildman–Crippen LogP) is 1.76. The van der Waals surface area contributed by atoms with Crippen LogP contribution in [0.3, 0.4) is 0 Å². The lowest BCUT2D eigenvalue weighted by atomic mass is 9.87. The average molecular weight is 345 g/mol. The number of aliphatic hydroxyl groups excluding tert-OH is 1. The second-order valence-corrected chi connectivity index (χ2v) is 7.55. The summed E-state index contributed by atoms with van der Waals surface area (Å²) in [5.74, 6) is 0.0983. The molecule has 25 heavy (non-hydrogen) atoms. The summed E-state index contributed by atoms with van der Waals surface area (Å²) >= 11 is 0. The SMILES string of the molecule is CC1(C)NC(=O)N(CCN2CCC([C@@H](O)c3ccccc3)CC2)C1=O. The number of urea groups is 1. The highest BCUT2D eigenvalue weighted by Gasteiger charge is 2.44. The van der Waals surface area contributed by atoms with Crippen LogP contribution >= 0.6 is 0 Å². The Morgan fingerprint density at radius 2 is 1.80 bits per heavy atom. The highest BCUT2D eigenvalue weighted by Crippen LogP contribution is 2.30. The number of nitrogens with zero attached hydrogens (tertiary/aromatic N) is 2. The zero-order chi connectivity index (χ0) is 18.0. The van der Waals surface area contributed by atoms with Gasteiger partial charge in [-0.3, -0.25) is 9.69 Å².